The molecule has 0 aliphatic rings. The monoisotopic (exact) mass is 352 g/mol. The minimum atomic E-state index is 0.818. The fourth-order valence-corrected chi connectivity index (χ4v) is 3.32. The second-order valence-electron chi connectivity index (χ2n) is 6.05. The van der Waals surface area contributed by atoms with Crippen molar-refractivity contribution in [3.8, 4) is 5.69 Å². The van der Waals surface area contributed by atoms with Crippen LogP contribution in [0.5, 0.6) is 0 Å². The molecule has 1 aromatic heterocycles. The molecule has 2 aromatic carbocycles. The fourth-order valence-electron chi connectivity index (χ4n) is 2.63. The van der Waals surface area contributed by atoms with Gasteiger partial charge in [0, 0.05) is 24.3 Å². The molecule has 1 N–H and O–H groups in total. The molecule has 0 fully saturated rings. The highest BCUT2D eigenvalue weighted by atomic mass is 32.2. The summed E-state index contributed by atoms with van der Waals surface area (Å²) >= 11 is 1.72. The number of thioether (sulfide) groups is 1. The fraction of sp³-hybridized carbons (Fsp3) is 0.300. The lowest BCUT2D eigenvalue weighted by Gasteiger charge is -2.11. The summed E-state index contributed by atoms with van der Waals surface area (Å²) in [5, 5.41) is 13.2. The molecule has 25 heavy (non-hydrogen) atoms. The number of aryl methyl sites for hydroxylation is 2. The lowest BCUT2D eigenvalue weighted by Crippen LogP contribution is -2.10. The van der Waals surface area contributed by atoms with Crippen molar-refractivity contribution in [3.05, 3.63) is 65.5 Å². The van der Waals surface area contributed by atoms with E-state index in [1.165, 1.54) is 11.1 Å². The van der Waals surface area contributed by atoms with Gasteiger partial charge in [0.25, 0.3) is 0 Å². The van der Waals surface area contributed by atoms with E-state index in [-0.39, 0.29) is 0 Å². The van der Waals surface area contributed by atoms with Crippen LogP contribution in [0.1, 0.15) is 23.9 Å². The van der Waals surface area contributed by atoms with Crippen molar-refractivity contribution >= 4 is 17.4 Å². The third-order valence-electron chi connectivity index (χ3n) is 4.00. The number of anilines is 1. The molecule has 0 radical (unpaired) electrons. The highest BCUT2D eigenvalue weighted by Crippen LogP contribution is 2.22. The summed E-state index contributed by atoms with van der Waals surface area (Å²) in [7, 11) is 0. The smallest absolute Gasteiger partial charge is 0.195 e. The van der Waals surface area contributed by atoms with Crippen molar-refractivity contribution in [2.45, 2.75) is 32.3 Å². The van der Waals surface area contributed by atoms with Gasteiger partial charge in [-0.05, 0) is 43.9 Å². The summed E-state index contributed by atoms with van der Waals surface area (Å²) in [6.07, 6.45) is 0.818. The lowest BCUT2D eigenvalue weighted by atomic mass is 10.2. The quantitative estimate of drug-likeness (QED) is 0.629. The molecule has 0 amide bonds. The van der Waals surface area contributed by atoms with Crippen molar-refractivity contribution < 1.29 is 0 Å². The zero-order valence-corrected chi connectivity index (χ0v) is 15.8. The van der Waals surface area contributed by atoms with Crippen molar-refractivity contribution in [2.75, 3.05) is 17.6 Å². The molecule has 0 bridgehead atoms. The minimum absolute atomic E-state index is 0.818. The van der Waals surface area contributed by atoms with E-state index in [9.17, 15) is 0 Å². The molecule has 5 heteroatoms. The van der Waals surface area contributed by atoms with Crippen LogP contribution in [0.15, 0.2) is 53.7 Å². The Balaban J connectivity index is 1.76. The SMILES string of the molecule is CCSc1nnc(CCNc2ccc(C)cc2)n1-c1ccc(C)cc1. The van der Waals surface area contributed by atoms with Gasteiger partial charge in [0.15, 0.2) is 5.16 Å². The highest BCUT2D eigenvalue weighted by Gasteiger charge is 2.13. The topological polar surface area (TPSA) is 42.7 Å². The Bertz CT molecular complexity index is 807. The van der Waals surface area contributed by atoms with E-state index < -0.39 is 0 Å². The number of rotatable bonds is 7. The van der Waals surface area contributed by atoms with Crippen LogP contribution in [0.2, 0.25) is 0 Å². The van der Waals surface area contributed by atoms with Crippen LogP contribution in [0.25, 0.3) is 5.69 Å². The number of nitrogens with one attached hydrogen (secondary N) is 1. The Morgan fingerprint density at radius 2 is 1.56 bits per heavy atom. The first-order valence-corrected chi connectivity index (χ1v) is 9.60. The van der Waals surface area contributed by atoms with Gasteiger partial charge in [-0.1, -0.05) is 54.1 Å². The average Bonchev–Trinajstić information content (AvgIpc) is 3.00. The molecule has 4 nitrogen and oxygen atoms in total. The first kappa shape index (κ1) is 17.5. The Morgan fingerprint density at radius 1 is 0.920 bits per heavy atom. The van der Waals surface area contributed by atoms with Crippen molar-refractivity contribution in [2.24, 2.45) is 0 Å². The number of benzene rings is 2. The maximum absolute atomic E-state index is 4.43. The molecule has 0 atom stereocenters. The van der Waals surface area contributed by atoms with Crippen molar-refractivity contribution in [3.63, 3.8) is 0 Å². The molecule has 130 valence electrons. The van der Waals surface area contributed by atoms with Gasteiger partial charge >= 0.3 is 0 Å². The second kappa shape index (κ2) is 8.21. The van der Waals surface area contributed by atoms with Crippen LogP contribution >= 0.6 is 11.8 Å². The number of hydrogen-bond acceptors (Lipinski definition) is 4. The van der Waals surface area contributed by atoms with E-state index in [4.69, 9.17) is 0 Å². The molecule has 3 rings (SSSR count). The number of aromatic nitrogens is 3. The molecular formula is C20H24N4S. The van der Waals surface area contributed by atoms with Gasteiger partial charge in [-0.25, -0.2) is 0 Å². The van der Waals surface area contributed by atoms with Crippen LogP contribution < -0.4 is 5.32 Å². The Morgan fingerprint density at radius 3 is 2.20 bits per heavy atom. The van der Waals surface area contributed by atoms with Gasteiger partial charge in [-0.15, -0.1) is 10.2 Å². The lowest BCUT2D eigenvalue weighted by molar-refractivity contribution is 0.818. The Kier molecular flexibility index (Phi) is 5.76. The molecular weight excluding hydrogens is 328 g/mol. The number of nitrogens with zero attached hydrogens (tertiary/aromatic N) is 3. The van der Waals surface area contributed by atoms with Gasteiger partial charge in [0.2, 0.25) is 0 Å². The van der Waals surface area contributed by atoms with E-state index in [2.05, 4.69) is 89.4 Å². The molecule has 0 unspecified atom stereocenters. The van der Waals surface area contributed by atoms with Gasteiger partial charge in [-0.3, -0.25) is 4.57 Å². The van der Waals surface area contributed by atoms with Crippen molar-refractivity contribution in [1.82, 2.24) is 14.8 Å². The van der Waals surface area contributed by atoms with Gasteiger partial charge < -0.3 is 5.32 Å². The summed E-state index contributed by atoms with van der Waals surface area (Å²) in [6, 6.07) is 17.0. The van der Waals surface area contributed by atoms with Crippen LogP contribution in [0, 0.1) is 13.8 Å². The minimum Gasteiger partial charge on any atom is -0.385 e. The van der Waals surface area contributed by atoms with Gasteiger partial charge in [0.05, 0.1) is 0 Å². The summed E-state index contributed by atoms with van der Waals surface area (Å²) in [4.78, 5) is 0. The van der Waals surface area contributed by atoms with E-state index >= 15 is 0 Å². The van der Waals surface area contributed by atoms with Gasteiger partial charge in [-0.2, -0.15) is 0 Å². The molecule has 0 aliphatic heterocycles. The van der Waals surface area contributed by atoms with Crippen LogP contribution in [0.3, 0.4) is 0 Å². The Hall–Kier alpha value is -2.27. The number of hydrogen-bond donors (Lipinski definition) is 1. The summed E-state index contributed by atoms with van der Waals surface area (Å²) in [5.41, 5.74) is 4.78. The predicted molar refractivity (Wildman–Crippen MR) is 106 cm³/mol. The maximum Gasteiger partial charge on any atom is 0.195 e. The average molecular weight is 353 g/mol. The summed E-state index contributed by atoms with van der Waals surface area (Å²) in [6.45, 7) is 7.16. The van der Waals surface area contributed by atoms with Gasteiger partial charge in [0.1, 0.15) is 5.82 Å². The first-order valence-electron chi connectivity index (χ1n) is 8.62. The third-order valence-corrected chi connectivity index (χ3v) is 4.81. The molecule has 0 saturated carbocycles. The maximum atomic E-state index is 4.43. The van der Waals surface area contributed by atoms with E-state index in [1.807, 2.05) is 0 Å². The van der Waals surface area contributed by atoms with E-state index in [0.29, 0.717) is 0 Å². The zero-order chi connectivity index (χ0) is 17.6. The molecule has 0 aliphatic carbocycles. The van der Waals surface area contributed by atoms with E-state index in [1.54, 1.807) is 11.8 Å². The van der Waals surface area contributed by atoms with Crippen molar-refractivity contribution in [1.29, 1.82) is 0 Å². The molecule has 0 saturated heterocycles. The second-order valence-corrected chi connectivity index (χ2v) is 7.28. The summed E-state index contributed by atoms with van der Waals surface area (Å²) < 4.78 is 2.17. The predicted octanol–water partition coefficient (Wildman–Crippen LogP) is 4.65. The first-order chi connectivity index (χ1) is 12.2. The third kappa shape index (κ3) is 4.42. The highest BCUT2D eigenvalue weighted by molar-refractivity contribution is 7.99. The standard InChI is InChI=1S/C20H24N4S/c1-4-25-20-23-22-19(24(20)18-11-7-16(3)8-12-18)13-14-21-17-9-5-15(2)6-10-17/h5-12,21H,4,13-14H2,1-3H3. The van der Waals surface area contributed by atoms with Crippen LogP contribution in [-0.2, 0) is 6.42 Å². The Labute approximate surface area is 153 Å². The van der Waals surface area contributed by atoms with E-state index in [0.717, 1.165) is 41.1 Å². The molecule has 0 spiro atoms. The largest absolute Gasteiger partial charge is 0.385 e. The molecule has 3 aromatic rings. The molecule has 1 heterocycles. The zero-order valence-electron chi connectivity index (χ0n) is 15.0. The normalized spacial score (nSPS) is 10.8. The summed E-state index contributed by atoms with van der Waals surface area (Å²) in [5.74, 6) is 1.96. The van der Waals surface area contributed by atoms with Crippen LogP contribution in [0.4, 0.5) is 5.69 Å². The van der Waals surface area contributed by atoms with Crippen LogP contribution in [-0.4, -0.2) is 27.1 Å².